The normalized spacial score (nSPS) is 10.1. The predicted molar refractivity (Wildman–Crippen MR) is 70.2 cm³/mol. The molecular weight excluding hydrogens is 264 g/mol. The SMILES string of the molecule is CCN(CC(=O)O)C(=O)CCCNC(=O)c1ccco1. The summed E-state index contributed by atoms with van der Waals surface area (Å²) in [4.78, 5) is 35.0. The monoisotopic (exact) mass is 282 g/mol. The summed E-state index contributed by atoms with van der Waals surface area (Å²) in [6.45, 7) is 2.10. The zero-order valence-electron chi connectivity index (χ0n) is 11.3. The number of rotatable bonds is 8. The predicted octanol–water partition coefficient (Wildman–Crippen LogP) is 0.723. The lowest BCUT2D eigenvalue weighted by molar-refractivity contribution is -0.144. The second-order valence-electron chi connectivity index (χ2n) is 4.14. The second-order valence-corrected chi connectivity index (χ2v) is 4.14. The van der Waals surface area contributed by atoms with Gasteiger partial charge in [0, 0.05) is 19.5 Å². The Labute approximate surface area is 116 Å². The molecule has 0 atom stereocenters. The molecule has 7 heteroatoms. The fourth-order valence-corrected chi connectivity index (χ4v) is 1.63. The van der Waals surface area contributed by atoms with E-state index in [0.717, 1.165) is 0 Å². The quantitative estimate of drug-likeness (QED) is 0.684. The molecule has 1 aromatic heterocycles. The summed E-state index contributed by atoms with van der Waals surface area (Å²) >= 11 is 0. The van der Waals surface area contributed by atoms with Gasteiger partial charge in [0.15, 0.2) is 5.76 Å². The van der Waals surface area contributed by atoms with Crippen LogP contribution in [0, 0.1) is 0 Å². The maximum absolute atomic E-state index is 11.7. The molecule has 0 fully saturated rings. The lowest BCUT2D eigenvalue weighted by Crippen LogP contribution is -2.35. The van der Waals surface area contributed by atoms with Crippen molar-refractivity contribution < 1.29 is 23.9 Å². The fourth-order valence-electron chi connectivity index (χ4n) is 1.63. The maximum atomic E-state index is 11.7. The second kappa shape index (κ2) is 7.98. The zero-order chi connectivity index (χ0) is 15.0. The van der Waals surface area contributed by atoms with Gasteiger partial charge in [0.1, 0.15) is 6.54 Å². The van der Waals surface area contributed by atoms with E-state index in [0.29, 0.717) is 19.5 Å². The zero-order valence-corrected chi connectivity index (χ0v) is 11.3. The van der Waals surface area contributed by atoms with Crippen molar-refractivity contribution in [1.82, 2.24) is 10.2 Å². The summed E-state index contributed by atoms with van der Waals surface area (Å²) in [5.41, 5.74) is 0. The molecule has 0 radical (unpaired) electrons. The number of amides is 2. The number of nitrogens with one attached hydrogen (secondary N) is 1. The third kappa shape index (κ3) is 5.13. The third-order valence-corrected chi connectivity index (χ3v) is 2.66. The molecular formula is C13H18N2O5. The van der Waals surface area contributed by atoms with Gasteiger partial charge in [0.25, 0.3) is 5.91 Å². The van der Waals surface area contributed by atoms with Crippen LogP contribution in [0.4, 0.5) is 0 Å². The minimum absolute atomic E-state index is 0.194. The number of hydrogen-bond acceptors (Lipinski definition) is 4. The van der Waals surface area contributed by atoms with Crippen LogP contribution >= 0.6 is 0 Å². The van der Waals surface area contributed by atoms with Gasteiger partial charge in [-0.1, -0.05) is 0 Å². The Morgan fingerprint density at radius 3 is 2.70 bits per heavy atom. The molecule has 110 valence electrons. The molecule has 0 aliphatic carbocycles. The molecule has 1 rings (SSSR count). The fraction of sp³-hybridized carbons (Fsp3) is 0.462. The van der Waals surface area contributed by atoms with E-state index >= 15 is 0 Å². The Balaban J connectivity index is 2.24. The van der Waals surface area contributed by atoms with Crippen molar-refractivity contribution in [2.45, 2.75) is 19.8 Å². The lowest BCUT2D eigenvalue weighted by atomic mass is 10.2. The van der Waals surface area contributed by atoms with Gasteiger partial charge in [-0.05, 0) is 25.5 Å². The molecule has 0 aliphatic rings. The van der Waals surface area contributed by atoms with Crippen molar-refractivity contribution in [3.63, 3.8) is 0 Å². The molecule has 1 aromatic rings. The molecule has 0 saturated heterocycles. The number of carbonyl (C=O) groups excluding carboxylic acids is 2. The number of hydrogen-bond donors (Lipinski definition) is 2. The van der Waals surface area contributed by atoms with Crippen LogP contribution in [0.3, 0.4) is 0 Å². The van der Waals surface area contributed by atoms with Crippen LogP contribution in [-0.2, 0) is 9.59 Å². The van der Waals surface area contributed by atoms with Crippen LogP contribution in [0.1, 0.15) is 30.3 Å². The smallest absolute Gasteiger partial charge is 0.323 e. The van der Waals surface area contributed by atoms with Crippen molar-refractivity contribution in [1.29, 1.82) is 0 Å². The first kappa shape index (κ1) is 15.7. The van der Waals surface area contributed by atoms with Gasteiger partial charge in [0.05, 0.1) is 6.26 Å². The summed E-state index contributed by atoms with van der Waals surface area (Å²) in [5, 5.41) is 11.3. The van der Waals surface area contributed by atoms with E-state index in [9.17, 15) is 14.4 Å². The van der Waals surface area contributed by atoms with Crippen molar-refractivity contribution in [2.75, 3.05) is 19.6 Å². The molecule has 0 aliphatic heterocycles. The highest BCUT2D eigenvalue weighted by Gasteiger charge is 2.14. The van der Waals surface area contributed by atoms with Gasteiger partial charge in [0.2, 0.25) is 5.91 Å². The van der Waals surface area contributed by atoms with Crippen LogP contribution in [0.2, 0.25) is 0 Å². The molecule has 20 heavy (non-hydrogen) atoms. The molecule has 0 saturated carbocycles. The highest BCUT2D eigenvalue weighted by molar-refractivity contribution is 5.91. The Morgan fingerprint density at radius 2 is 2.15 bits per heavy atom. The molecule has 0 aromatic carbocycles. The number of carboxylic acids is 1. The van der Waals surface area contributed by atoms with E-state index in [4.69, 9.17) is 9.52 Å². The lowest BCUT2D eigenvalue weighted by Gasteiger charge is -2.18. The third-order valence-electron chi connectivity index (χ3n) is 2.66. The van der Waals surface area contributed by atoms with Crippen LogP contribution < -0.4 is 5.32 Å². The molecule has 2 amide bonds. The molecule has 1 heterocycles. The largest absolute Gasteiger partial charge is 0.480 e. The number of carboxylic acid groups (broad SMARTS) is 1. The van der Waals surface area contributed by atoms with E-state index in [1.54, 1.807) is 19.1 Å². The summed E-state index contributed by atoms with van der Waals surface area (Å²) in [6.07, 6.45) is 2.05. The van der Waals surface area contributed by atoms with E-state index in [2.05, 4.69) is 5.32 Å². The first-order valence-corrected chi connectivity index (χ1v) is 6.35. The first-order chi connectivity index (χ1) is 9.54. The Hall–Kier alpha value is -2.31. The van der Waals surface area contributed by atoms with Gasteiger partial charge in [-0.2, -0.15) is 0 Å². The number of furan rings is 1. The Bertz CT molecular complexity index is 455. The molecule has 0 spiro atoms. The van der Waals surface area contributed by atoms with Gasteiger partial charge < -0.3 is 19.7 Å². The van der Waals surface area contributed by atoms with Crippen LogP contribution in [-0.4, -0.2) is 47.4 Å². The van der Waals surface area contributed by atoms with Gasteiger partial charge >= 0.3 is 5.97 Å². The first-order valence-electron chi connectivity index (χ1n) is 6.35. The number of nitrogens with zero attached hydrogens (tertiary/aromatic N) is 1. The topological polar surface area (TPSA) is 99.9 Å². The van der Waals surface area contributed by atoms with Crippen molar-refractivity contribution >= 4 is 17.8 Å². The van der Waals surface area contributed by atoms with Crippen molar-refractivity contribution in [3.8, 4) is 0 Å². The highest BCUT2D eigenvalue weighted by Crippen LogP contribution is 2.00. The van der Waals surface area contributed by atoms with Gasteiger partial charge in [-0.15, -0.1) is 0 Å². The Morgan fingerprint density at radius 1 is 1.40 bits per heavy atom. The molecule has 2 N–H and O–H groups in total. The van der Waals surface area contributed by atoms with Crippen molar-refractivity contribution in [2.24, 2.45) is 0 Å². The molecule has 7 nitrogen and oxygen atoms in total. The summed E-state index contributed by atoms with van der Waals surface area (Å²) in [6, 6.07) is 3.16. The maximum Gasteiger partial charge on any atom is 0.323 e. The van der Waals surface area contributed by atoms with Gasteiger partial charge in [-0.25, -0.2) is 0 Å². The van der Waals surface area contributed by atoms with Crippen molar-refractivity contribution in [3.05, 3.63) is 24.2 Å². The van der Waals surface area contributed by atoms with Crippen LogP contribution in [0.15, 0.2) is 22.8 Å². The Kier molecular flexibility index (Phi) is 6.28. The number of carbonyl (C=O) groups is 3. The number of likely N-dealkylation sites (N-methyl/N-ethyl adjacent to an activating group) is 1. The average molecular weight is 282 g/mol. The van der Waals surface area contributed by atoms with Crippen LogP contribution in [0.5, 0.6) is 0 Å². The van der Waals surface area contributed by atoms with Crippen LogP contribution in [0.25, 0.3) is 0 Å². The molecule has 0 bridgehead atoms. The van der Waals surface area contributed by atoms with E-state index < -0.39 is 5.97 Å². The minimum Gasteiger partial charge on any atom is -0.480 e. The summed E-state index contributed by atoms with van der Waals surface area (Å²) < 4.78 is 4.92. The van der Waals surface area contributed by atoms with E-state index in [1.807, 2.05) is 0 Å². The summed E-state index contributed by atoms with van der Waals surface area (Å²) in [5.74, 6) is -1.38. The summed E-state index contributed by atoms with van der Waals surface area (Å²) in [7, 11) is 0. The minimum atomic E-state index is -1.04. The average Bonchev–Trinajstić information content (AvgIpc) is 2.94. The molecule has 0 unspecified atom stereocenters. The highest BCUT2D eigenvalue weighted by atomic mass is 16.4. The van der Waals surface area contributed by atoms with E-state index in [-0.39, 0.29) is 30.5 Å². The van der Waals surface area contributed by atoms with E-state index in [1.165, 1.54) is 11.2 Å². The standard InChI is InChI=1S/C13H18N2O5/c1-2-15(9-12(17)18)11(16)6-3-7-14-13(19)10-5-4-8-20-10/h4-5,8H,2-3,6-7,9H2,1H3,(H,14,19)(H,17,18). The van der Waals surface area contributed by atoms with Gasteiger partial charge in [-0.3, -0.25) is 14.4 Å². The number of aliphatic carboxylic acids is 1.